The topological polar surface area (TPSA) is 65.8 Å². The van der Waals surface area contributed by atoms with E-state index in [0.29, 0.717) is 12.8 Å². The van der Waals surface area contributed by atoms with E-state index < -0.39 is 0 Å². The van der Waals surface area contributed by atoms with E-state index in [4.69, 9.17) is 5.26 Å². The molecular weight excluding hydrogens is 166 g/mol. The third-order valence-electron chi connectivity index (χ3n) is 1.53. The van der Waals surface area contributed by atoms with Gasteiger partial charge in [-0.05, 0) is 18.6 Å². The first-order valence-electron chi connectivity index (χ1n) is 3.91. The predicted molar refractivity (Wildman–Crippen MR) is 46.3 cm³/mol. The van der Waals surface area contributed by atoms with Crippen LogP contribution >= 0.6 is 0 Å². The number of hydrogen-bond donors (Lipinski definition) is 1. The molecule has 0 saturated carbocycles. The van der Waals surface area contributed by atoms with E-state index in [1.807, 2.05) is 18.2 Å². The Bertz CT molecular complexity index is 315. The number of pyridine rings is 1. The van der Waals surface area contributed by atoms with Crippen LogP contribution in [0.5, 0.6) is 0 Å². The van der Waals surface area contributed by atoms with E-state index in [9.17, 15) is 4.79 Å². The van der Waals surface area contributed by atoms with Crippen molar-refractivity contribution in [1.82, 2.24) is 10.3 Å². The maximum Gasteiger partial charge on any atom is 0.233 e. The lowest BCUT2D eigenvalue weighted by Gasteiger charge is -1.97. The Hall–Kier alpha value is -1.89. The van der Waals surface area contributed by atoms with Crippen molar-refractivity contribution in [2.24, 2.45) is 0 Å². The van der Waals surface area contributed by atoms with Crippen LogP contribution in [0, 0.1) is 11.5 Å². The van der Waals surface area contributed by atoms with E-state index in [1.165, 1.54) is 0 Å². The first kappa shape index (κ1) is 9.20. The molecule has 0 saturated heterocycles. The Balaban J connectivity index is 2.36. The van der Waals surface area contributed by atoms with Crippen LogP contribution in [-0.2, 0) is 11.2 Å². The molecule has 0 atom stereocenters. The molecule has 1 amide bonds. The maximum absolute atomic E-state index is 10.9. The van der Waals surface area contributed by atoms with Crippen LogP contribution < -0.4 is 5.32 Å². The van der Waals surface area contributed by atoms with E-state index >= 15 is 0 Å². The van der Waals surface area contributed by atoms with E-state index in [-0.39, 0.29) is 5.91 Å². The minimum Gasteiger partial charge on any atom is -0.274 e. The van der Waals surface area contributed by atoms with Gasteiger partial charge in [0.2, 0.25) is 5.91 Å². The molecule has 0 bridgehead atoms. The van der Waals surface area contributed by atoms with Crippen LogP contribution in [0.3, 0.4) is 0 Å². The summed E-state index contributed by atoms with van der Waals surface area (Å²) in [6.07, 6.45) is 4.12. The van der Waals surface area contributed by atoms with Crippen LogP contribution in [-0.4, -0.2) is 10.9 Å². The first-order chi connectivity index (χ1) is 6.33. The van der Waals surface area contributed by atoms with Crippen molar-refractivity contribution in [1.29, 1.82) is 5.26 Å². The Morgan fingerprint density at radius 3 is 3.08 bits per heavy atom. The van der Waals surface area contributed by atoms with Crippen LogP contribution in [0.25, 0.3) is 0 Å². The third-order valence-corrected chi connectivity index (χ3v) is 1.53. The molecule has 1 aromatic rings. The van der Waals surface area contributed by atoms with Crippen LogP contribution in [0.15, 0.2) is 24.4 Å². The lowest BCUT2D eigenvalue weighted by molar-refractivity contribution is -0.119. The summed E-state index contributed by atoms with van der Waals surface area (Å²) in [6, 6.07) is 5.53. The second-order valence-corrected chi connectivity index (χ2v) is 2.48. The molecule has 1 N–H and O–H groups in total. The monoisotopic (exact) mass is 175 g/mol. The van der Waals surface area contributed by atoms with Crippen molar-refractivity contribution in [3.05, 3.63) is 30.1 Å². The zero-order chi connectivity index (χ0) is 9.52. The summed E-state index contributed by atoms with van der Waals surface area (Å²) in [5.74, 6) is -0.270. The van der Waals surface area contributed by atoms with Crippen molar-refractivity contribution in [3.63, 3.8) is 0 Å². The zero-order valence-corrected chi connectivity index (χ0v) is 7.03. The van der Waals surface area contributed by atoms with Gasteiger partial charge in [-0.15, -0.1) is 0 Å². The van der Waals surface area contributed by atoms with E-state index in [2.05, 4.69) is 10.3 Å². The SMILES string of the molecule is N#CNC(=O)CCc1ccccn1. The lowest BCUT2D eigenvalue weighted by Crippen LogP contribution is -2.17. The molecular formula is C9H9N3O. The summed E-state index contributed by atoms with van der Waals surface area (Å²) in [6.45, 7) is 0. The molecule has 0 fully saturated rings. The van der Waals surface area contributed by atoms with Gasteiger partial charge < -0.3 is 0 Å². The largest absolute Gasteiger partial charge is 0.274 e. The molecule has 0 aliphatic rings. The number of carbonyl (C=O) groups excluding carboxylic acids is 1. The Morgan fingerprint density at radius 2 is 2.46 bits per heavy atom. The number of carbonyl (C=O) groups is 1. The first-order valence-corrected chi connectivity index (χ1v) is 3.91. The van der Waals surface area contributed by atoms with Gasteiger partial charge in [0.1, 0.15) is 0 Å². The van der Waals surface area contributed by atoms with Gasteiger partial charge in [0.15, 0.2) is 6.19 Å². The molecule has 4 heteroatoms. The molecule has 1 heterocycles. The zero-order valence-electron chi connectivity index (χ0n) is 7.03. The molecule has 4 nitrogen and oxygen atoms in total. The number of aryl methyl sites for hydroxylation is 1. The Morgan fingerprint density at radius 1 is 1.62 bits per heavy atom. The number of aromatic nitrogens is 1. The molecule has 0 unspecified atom stereocenters. The fraction of sp³-hybridized carbons (Fsp3) is 0.222. The summed E-state index contributed by atoms with van der Waals surface area (Å²) >= 11 is 0. The van der Waals surface area contributed by atoms with Crippen molar-refractivity contribution in [2.75, 3.05) is 0 Å². The second kappa shape index (κ2) is 4.88. The molecule has 1 aromatic heterocycles. The van der Waals surface area contributed by atoms with E-state index in [1.54, 1.807) is 12.4 Å². The highest BCUT2D eigenvalue weighted by molar-refractivity contribution is 5.77. The summed E-state index contributed by atoms with van der Waals surface area (Å²) < 4.78 is 0. The number of nitrogens with one attached hydrogen (secondary N) is 1. The van der Waals surface area contributed by atoms with Gasteiger partial charge in [-0.1, -0.05) is 6.07 Å². The van der Waals surface area contributed by atoms with Crippen LogP contribution in [0.1, 0.15) is 12.1 Å². The molecule has 13 heavy (non-hydrogen) atoms. The van der Waals surface area contributed by atoms with E-state index in [0.717, 1.165) is 5.69 Å². The van der Waals surface area contributed by atoms with Gasteiger partial charge >= 0.3 is 0 Å². The summed E-state index contributed by atoms with van der Waals surface area (Å²) in [5.41, 5.74) is 0.857. The standard InChI is InChI=1S/C9H9N3O/c10-7-12-9(13)5-4-8-3-1-2-6-11-8/h1-3,6H,4-5H2,(H,12,13). The van der Waals surface area contributed by atoms with Gasteiger partial charge in [-0.2, -0.15) is 5.26 Å². The summed E-state index contributed by atoms with van der Waals surface area (Å²) in [7, 11) is 0. The lowest BCUT2D eigenvalue weighted by atomic mass is 10.2. The minimum atomic E-state index is -0.270. The van der Waals surface area contributed by atoms with Gasteiger partial charge in [0.25, 0.3) is 0 Å². The van der Waals surface area contributed by atoms with Gasteiger partial charge in [-0.25, -0.2) is 0 Å². The average Bonchev–Trinajstić information content (AvgIpc) is 2.17. The van der Waals surface area contributed by atoms with Crippen molar-refractivity contribution >= 4 is 5.91 Å². The molecule has 0 aliphatic heterocycles. The maximum atomic E-state index is 10.9. The van der Waals surface area contributed by atoms with Crippen LogP contribution in [0.2, 0.25) is 0 Å². The predicted octanol–water partition coefficient (Wildman–Crippen LogP) is 0.611. The minimum absolute atomic E-state index is 0.270. The highest BCUT2D eigenvalue weighted by Gasteiger charge is 2.00. The van der Waals surface area contributed by atoms with Crippen molar-refractivity contribution in [3.8, 4) is 6.19 Å². The number of rotatable bonds is 3. The summed E-state index contributed by atoms with van der Waals surface area (Å²) in [5, 5.41) is 10.2. The average molecular weight is 175 g/mol. The molecule has 1 rings (SSSR count). The number of nitriles is 1. The quantitative estimate of drug-likeness (QED) is 0.540. The molecule has 66 valence electrons. The smallest absolute Gasteiger partial charge is 0.233 e. The highest BCUT2D eigenvalue weighted by Crippen LogP contribution is 1.97. The van der Waals surface area contributed by atoms with Gasteiger partial charge in [0.05, 0.1) is 0 Å². The van der Waals surface area contributed by atoms with Crippen molar-refractivity contribution in [2.45, 2.75) is 12.8 Å². The highest BCUT2D eigenvalue weighted by atomic mass is 16.1. The molecule has 0 radical (unpaired) electrons. The normalized spacial score (nSPS) is 8.85. The number of hydrogen-bond acceptors (Lipinski definition) is 3. The fourth-order valence-corrected chi connectivity index (χ4v) is 0.912. The van der Waals surface area contributed by atoms with Crippen molar-refractivity contribution < 1.29 is 4.79 Å². The molecule has 0 aliphatic carbocycles. The van der Waals surface area contributed by atoms with Gasteiger partial charge in [0, 0.05) is 18.3 Å². The van der Waals surface area contributed by atoms with Gasteiger partial charge in [-0.3, -0.25) is 15.1 Å². The Labute approximate surface area is 76.2 Å². The molecule has 0 spiro atoms. The second-order valence-electron chi connectivity index (χ2n) is 2.48. The summed E-state index contributed by atoms with van der Waals surface area (Å²) in [4.78, 5) is 14.9. The number of amides is 1. The third kappa shape index (κ3) is 3.34. The Kier molecular flexibility index (Phi) is 3.45. The fourth-order valence-electron chi connectivity index (χ4n) is 0.912. The van der Waals surface area contributed by atoms with Crippen LogP contribution in [0.4, 0.5) is 0 Å². The number of nitrogens with zero attached hydrogens (tertiary/aromatic N) is 2. The molecule has 0 aromatic carbocycles.